The molecule has 114 valence electrons. The Morgan fingerprint density at radius 3 is 2.82 bits per heavy atom. The number of halogens is 2. The van der Waals surface area contributed by atoms with E-state index in [0.29, 0.717) is 37.1 Å². The molecule has 2 aromatic carbocycles. The topological polar surface area (TPSA) is 20.3 Å². The molecule has 0 unspecified atom stereocenters. The highest BCUT2D eigenvalue weighted by atomic mass is 19.1. The summed E-state index contributed by atoms with van der Waals surface area (Å²) in [4.78, 5) is 13.9. The van der Waals surface area contributed by atoms with E-state index < -0.39 is 11.6 Å². The van der Waals surface area contributed by atoms with Crippen molar-refractivity contribution in [1.82, 2.24) is 0 Å². The predicted molar refractivity (Wildman–Crippen MR) is 81.9 cm³/mol. The minimum absolute atomic E-state index is 0.0924. The number of hydrogen-bond donors (Lipinski definition) is 0. The highest BCUT2D eigenvalue weighted by molar-refractivity contribution is 5.95. The van der Waals surface area contributed by atoms with Crippen LogP contribution in [0.2, 0.25) is 0 Å². The monoisotopic (exact) mass is 301 g/mol. The number of anilines is 1. The van der Waals surface area contributed by atoms with Gasteiger partial charge in [-0.2, -0.15) is 0 Å². The number of nitrogens with zero attached hydrogens (tertiary/aromatic N) is 1. The fourth-order valence-corrected chi connectivity index (χ4v) is 2.94. The van der Waals surface area contributed by atoms with Crippen molar-refractivity contribution in [3.05, 3.63) is 64.7 Å². The lowest BCUT2D eigenvalue weighted by molar-refractivity contribution is -0.118. The van der Waals surface area contributed by atoms with E-state index in [-0.39, 0.29) is 5.91 Å². The second kappa shape index (κ2) is 5.87. The Kier molecular flexibility index (Phi) is 3.92. The quantitative estimate of drug-likeness (QED) is 0.844. The number of rotatable bonds is 3. The molecule has 2 aromatic rings. The van der Waals surface area contributed by atoms with Gasteiger partial charge in [0.1, 0.15) is 11.6 Å². The van der Waals surface area contributed by atoms with Gasteiger partial charge in [0.05, 0.1) is 5.69 Å². The van der Waals surface area contributed by atoms with Crippen LogP contribution in [0, 0.1) is 18.6 Å². The number of benzene rings is 2. The molecular weight excluding hydrogens is 284 g/mol. The maximum atomic E-state index is 13.7. The first-order valence-electron chi connectivity index (χ1n) is 7.38. The smallest absolute Gasteiger partial charge is 0.227 e. The lowest BCUT2D eigenvalue weighted by atomic mass is 10.1. The van der Waals surface area contributed by atoms with Gasteiger partial charge < -0.3 is 4.90 Å². The molecule has 0 spiro atoms. The Hall–Kier alpha value is -2.23. The SMILES string of the molecule is Cc1cccc(CCC(=O)N2CCc3c(F)cc(F)cc32)c1. The molecule has 0 N–H and O–H groups in total. The van der Waals surface area contributed by atoms with Crippen LogP contribution in [-0.4, -0.2) is 12.5 Å². The summed E-state index contributed by atoms with van der Waals surface area (Å²) in [7, 11) is 0. The number of carbonyl (C=O) groups excluding carboxylic acids is 1. The van der Waals surface area contributed by atoms with E-state index in [2.05, 4.69) is 0 Å². The van der Waals surface area contributed by atoms with Gasteiger partial charge in [0.25, 0.3) is 0 Å². The molecule has 0 aliphatic carbocycles. The average Bonchev–Trinajstić information content (AvgIpc) is 2.89. The number of carbonyl (C=O) groups is 1. The molecule has 3 rings (SSSR count). The fourth-order valence-electron chi connectivity index (χ4n) is 2.94. The minimum atomic E-state index is -0.644. The molecule has 0 saturated carbocycles. The molecule has 0 saturated heterocycles. The van der Waals surface area contributed by atoms with Gasteiger partial charge in [0.15, 0.2) is 0 Å². The minimum Gasteiger partial charge on any atom is -0.312 e. The second-order valence-corrected chi connectivity index (χ2v) is 5.67. The lowest BCUT2D eigenvalue weighted by Gasteiger charge is -2.17. The summed E-state index contributed by atoms with van der Waals surface area (Å²) in [5, 5.41) is 0. The van der Waals surface area contributed by atoms with Crippen molar-refractivity contribution in [1.29, 1.82) is 0 Å². The molecule has 0 radical (unpaired) electrons. The van der Waals surface area contributed by atoms with Crippen LogP contribution in [0.15, 0.2) is 36.4 Å². The molecule has 4 heteroatoms. The average molecular weight is 301 g/mol. The van der Waals surface area contributed by atoms with Crippen molar-refractivity contribution in [2.24, 2.45) is 0 Å². The summed E-state index contributed by atoms with van der Waals surface area (Å²) in [6.45, 7) is 2.43. The Balaban J connectivity index is 1.73. The van der Waals surface area contributed by atoms with Crippen LogP contribution in [0.5, 0.6) is 0 Å². The molecule has 1 aliphatic heterocycles. The van der Waals surface area contributed by atoms with Gasteiger partial charge in [-0.3, -0.25) is 4.79 Å². The maximum absolute atomic E-state index is 13.7. The van der Waals surface area contributed by atoms with E-state index in [0.717, 1.165) is 17.2 Å². The first kappa shape index (κ1) is 14.7. The van der Waals surface area contributed by atoms with Gasteiger partial charge in [0.2, 0.25) is 5.91 Å². The van der Waals surface area contributed by atoms with Crippen molar-refractivity contribution in [3.8, 4) is 0 Å². The number of amides is 1. The normalized spacial score (nSPS) is 13.3. The van der Waals surface area contributed by atoms with Crippen molar-refractivity contribution < 1.29 is 13.6 Å². The third kappa shape index (κ3) is 2.86. The molecule has 1 amide bonds. The van der Waals surface area contributed by atoms with Crippen LogP contribution < -0.4 is 4.90 Å². The van der Waals surface area contributed by atoms with E-state index in [1.165, 1.54) is 11.0 Å². The Labute approximate surface area is 128 Å². The van der Waals surface area contributed by atoms with Gasteiger partial charge in [-0.05, 0) is 31.4 Å². The van der Waals surface area contributed by atoms with E-state index in [4.69, 9.17) is 0 Å². The van der Waals surface area contributed by atoms with Gasteiger partial charge in [-0.15, -0.1) is 0 Å². The van der Waals surface area contributed by atoms with Crippen LogP contribution in [-0.2, 0) is 17.6 Å². The molecule has 0 aromatic heterocycles. The Bertz CT molecular complexity index is 727. The predicted octanol–water partition coefficient (Wildman–Crippen LogP) is 3.80. The molecule has 0 atom stereocenters. The van der Waals surface area contributed by atoms with Crippen LogP contribution in [0.25, 0.3) is 0 Å². The number of aryl methyl sites for hydroxylation is 2. The first-order valence-corrected chi connectivity index (χ1v) is 7.38. The zero-order valence-electron chi connectivity index (χ0n) is 12.4. The number of hydrogen-bond acceptors (Lipinski definition) is 1. The van der Waals surface area contributed by atoms with E-state index >= 15 is 0 Å². The summed E-state index contributed by atoms with van der Waals surface area (Å²) in [6.07, 6.45) is 1.41. The highest BCUT2D eigenvalue weighted by Crippen LogP contribution is 2.31. The lowest BCUT2D eigenvalue weighted by Crippen LogP contribution is -2.29. The standard InChI is InChI=1S/C18H17F2NO/c1-12-3-2-4-13(9-12)5-6-18(22)21-8-7-15-16(20)10-14(19)11-17(15)21/h2-4,9-11H,5-8H2,1H3. The van der Waals surface area contributed by atoms with Crippen molar-refractivity contribution in [2.75, 3.05) is 11.4 Å². The van der Waals surface area contributed by atoms with Gasteiger partial charge in [-0.1, -0.05) is 29.8 Å². The third-order valence-corrected chi connectivity index (χ3v) is 4.02. The molecule has 2 nitrogen and oxygen atoms in total. The summed E-state index contributed by atoms with van der Waals surface area (Å²) in [5.41, 5.74) is 3.07. The van der Waals surface area contributed by atoms with Crippen molar-refractivity contribution >= 4 is 11.6 Å². The van der Waals surface area contributed by atoms with Gasteiger partial charge in [-0.25, -0.2) is 8.78 Å². The zero-order valence-corrected chi connectivity index (χ0v) is 12.4. The summed E-state index contributed by atoms with van der Waals surface area (Å²) < 4.78 is 27.1. The van der Waals surface area contributed by atoms with Crippen molar-refractivity contribution in [3.63, 3.8) is 0 Å². The third-order valence-electron chi connectivity index (χ3n) is 4.02. The summed E-state index contributed by atoms with van der Waals surface area (Å²) in [6, 6.07) is 10.1. The molecule has 0 bridgehead atoms. The Morgan fingerprint density at radius 2 is 2.05 bits per heavy atom. The molecule has 1 heterocycles. The fraction of sp³-hybridized carbons (Fsp3) is 0.278. The molecular formula is C18H17F2NO. The van der Waals surface area contributed by atoms with E-state index in [1.807, 2.05) is 31.2 Å². The van der Waals surface area contributed by atoms with E-state index in [9.17, 15) is 13.6 Å². The maximum Gasteiger partial charge on any atom is 0.227 e. The van der Waals surface area contributed by atoms with Crippen LogP contribution in [0.4, 0.5) is 14.5 Å². The van der Waals surface area contributed by atoms with E-state index in [1.54, 1.807) is 0 Å². The Morgan fingerprint density at radius 1 is 1.23 bits per heavy atom. The molecule has 22 heavy (non-hydrogen) atoms. The second-order valence-electron chi connectivity index (χ2n) is 5.67. The van der Waals surface area contributed by atoms with Crippen molar-refractivity contribution in [2.45, 2.75) is 26.2 Å². The highest BCUT2D eigenvalue weighted by Gasteiger charge is 2.27. The van der Waals surface area contributed by atoms with Crippen LogP contribution in [0.1, 0.15) is 23.1 Å². The number of fused-ring (bicyclic) bond motifs is 1. The molecule has 1 aliphatic rings. The zero-order chi connectivity index (χ0) is 15.7. The summed E-state index contributed by atoms with van der Waals surface area (Å²) >= 11 is 0. The first-order chi connectivity index (χ1) is 10.5. The molecule has 0 fully saturated rings. The summed E-state index contributed by atoms with van der Waals surface area (Å²) in [5.74, 6) is -1.30. The van der Waals surface area contributed by atoms with Gasteiger partial charge >= 0.3 is 0 Å². The van der Waals surface area contributed by atoms with Crippen LogP contribution >= 0.6 is 0 Å². The van der Waals surface area contributed by atoms with Gasteiger partial charge in [0, 0.05) is 24.6 Å². The van der Waals surface area contributed by atoms with Crippen LogP contribution in [0.3, 0.4) is 0 Å². The largest absolute Gasteiger partial charge is 0.312 e.